The Morgan fingerprint density at radius 1 is 1.19 bits per heavy atom. The van der Waals surface area contributed by atoms with Gasteiger partial charge in [0.25, 0.3) is 0 Å². The van der Waals surface area contributed by atoms with E-state index < -0.39 is 0 Å². The van der Waals surface area contributed by atoms with Crippen LogP contribution in [0.1, 0.15) is 13.8 Å². The van der Waals surface area contributed by atoms with E-state index in [1.807, 2.05) is 13.8 Å². The Hall–Kier alpha value is -1.03. The quantitative estimate of drug-likeness (QED) is 0.485. The third-order valence-corrected chi connectivity index (χ3v) is 3.52. The highest BCUT2D eigenvalue weighted by atomic mass is 79.9. The second kappa shape index (κ2) is 5.89. The second-order valence-corrected chi connectivity index (χ2v) is 4.73. The summed E-state index contributed by atoms with van der Waals surface area (Å²) in [6.45, 7) is 3.91. The number of hydrogen-bond acceptors (Lipinski definition) is 3. The molecule has 0 aliphatic rings. The largest absolute Gasteiger partial charge is 0.497 e. The number of halogens is 1. The molecule has 0 bridgehead atoms. The number of rotatable bonds is 4. The third kappa shape index (κ3) is 3.52. The molecule has 1 aromatic carbocycles. The van der Waals surface area contributed by atoms with Gasteiger partial charge in [-0.1, -0.05) is 29.8 Å². The lowest BCUT2D eigenvalue weighted by Crippen LogP contribution is -2.24. The first-order chi connectivity index (χ1) is 7.54. The van der Waals surface area contributed by atoms with E-state index in [-0.39, 0.29) is 16.7 Å². The fraction of sp³-hybridized carbons (Fsp3) is 0.417. The van der Waals surface area contributed by atoms with E-state index in [0.29, 0.717) is 5.75 Å². The molecule has 0 heterocycles. The van der Waals surface area contributed by atoms with Crippen LogP contribution in [0.5, 0.6) is 11.5 Å². The minimum Gasteiger partial charge on any atom is -0.497 e. The Labute approximate surface area is 104 Å². The fourth-order valence-corrected chi connectivity index (χ4v) is 1.18. The number of methoxy groups -OCH3 is 1. The first-order valence-corrected chi connectivity index (χ1v) is 5.96. The van der Waals surface area contributed by atoms with Crippen molar-refractivity contribution in [3.05, 3.63) is 24.3 Å². The highest BCUT2D eigenvalue weighted by Crippen LogP contribution is 2.20. The predicted octanol–water partition coefficient (Wildman–Crippen LogP) is 3.02. The number of hydrogen-bond donors (Lipinski definition) is 0. The molecule has 0 N–H and O–H groups in total. The van der Waals surface area contributed by atoms with Gasteiger partial charge in [0.15, 0.2) is 0 Å². The maximum Gasteiger partial charge on any atom is 0.325 e. The van der Waals surface area contributed by atoms with Crippen molar-refractivity contribution >= 4 is 21.9 Å². The Bertz CT molecular complexity index is 346. The molecule has 16 heavy (non-hydrogen) atoms. The van der Waals surface area contributed by atoms with E-state index in [2.05, 4.69) is 15.9 Å². The van der Waals surface area contributed by atoms with Gasteiger partial charge in [0.2, 0.25) is 0 Å². The molecule has 0 aromatic heterocycles. The van der Waals surface area contributed by atoms with Gasteiger partial charge < -0.3 is 9.47 Å². The predicted molar refractivity (Wildman–Crippen MR) is 66.2 cm³/mol. The van der Waals surface area contributed by atoms with Gasteiger partial charge in [0.05, 0.1) is 7.11 Å². The lowest BCUT2D eigenvalue weighted by Gasteiger charge is -2.12. The molecule has 1 atom stereocenters. The molecule has 3 nitrogen and oxygen atoms in total. The number of esters is 1. The molecule has 0 saturated carbocycles. The van der Waals surface area contributed by atoms with E-state index >= 15 is 0 Å². The molecule has 0 amide bonds. The van der Waals surface area contributed by atoms with Crippen LogP contribution in [0, 0.1) is 5.92 Å². The van der Waals surface area contributed by atoms with E-state index in [4.69, 9.17) is 9.47 Å². The molecule has 0 aliphatic heterocycles. The van der Waals surface area contributed by atoms with Crippen LogP contribution in [0.25, 0.3) is 0 Å². The normalized spacial score (nSPS) is 12.3. The smallest absolute Gasteiger partial charge is 0.325 e. The number of ether oxygens (including phenoxy) is 2. The highest BCUT2D eigenvalue weighted by molar-refractivity contribution is 9.10. The summed E-state index contributed by atoms with van der Waals surface area (Å²) in [5.74, 6) is 1.18. The zero-order chi connectivity index (χ0) is 12.1. The summed E-state index contributed by atoms with van der Waals surface area (Å²) in [6.07, 6.45) is 0. The van der Waals surface area contributed by atoms with Gasteiger partial charge in [-0.2, -0.15) is 0 Å². The number of carbonyl (C=O) groups excluding carboxylic acids is 1. The van der Waals surface area contributed by atoms with Gasteiger partial charge in [0, 0.05) is 0 Å². The topological polar surface area (TPSA) is 35.5 Å². The molecule has 4 heteroatoms. The Kier molecular flexibility index (Phi) is 4.80. The number of alkyl halides is 1. The molecule has 0 saturated heterocycles. The van der Waals surface area contributed by atoms with Crippen molar-refractivity contribution in [3.63, 3.8) is 0 Å². The van der Waals surface area contributed by atoms with Crippen molar-refractivity contribution in [1.29, 1.82) is 0 Å². The van der Waals surface area contributed by atoms with Gasteiger partial charge in [-0.05, 0) is 30.2 Å². The first kappa shape index (κ1) is 13.0. The molecule has 0 radical (unpaired) electrons. The highest BCUT2D eigenvalue weighted by Gasteiger charge is 2.20. The van der Waals surface area contributed by atoms with Crippen LogP contribution < -0.4 is 9.47 Å². The summed E-state index contributed by atoms with van der Waals surface area (Å²) >= 11 is 3.29. The van der Waals surface area contributed by atoms with Crippen molar-refractivity contribution in [1.82, 2.24) is 0 Å². The molecule has 1 aromatic rings. The van der Waals surface area contributed by atoms with Gasteiger partial charge in [0.1, 0.15) is 16.3 Å². The van der Waals surface area contributed by atoms with Gasteiger partial charge >= 0.3 is 5.97 Å². The molecular formula is C12H15BrO3. The zero-order valence-corrected chi connectivity index (χ0v) is 11.2. The van der Waals surface area contributed by atoms with Crippen LogP contribution in [0.4, 0.5) is 0 Å². The summed E-state index contributed by atoms with van der Waals surface area (Å²) in [5, 5.41) is 0. The van der Waals surface area contributed by atoms with Crippen molar-refractivity contribution in [3.8, 4) is 11.5 Å². The molecule has 0 spiro atoms. The molecular weight excluding hydrogens is 272 g/mol. The summed E-state index contributed by atoms with van der Waals surface area (Å²) in [4.78, 5) is 11.3. The molecule has 0 fully saturated rings. The van der Waals surface area contributed by atoms with E-state index in [9.17, 15) is 4.79 Å². The summed E-state index contributed by atoms with van der Waals surface area (Å²) in [6, 6.07) is 6.91. The van der Waals surface area contributed by atoms with Crippen molar-refractivity contribution in [2.24, 2.45) is 5.92 Å². The zero-order valence-electron chi connectivity index (χ0n) is 9.57. The fourth-order valence-electron chi connectivity index (χ4n) is 1.09. The SMILES string of the molecule is COc1ccc(OC(=O)[C@H](Br)C(C)C)cc1. The molecule has 0 aliphatic carbocycles. The summed E-state index contributed by atoms with van der Waals surface area (Å²) in [5.41, 5.74) is 0. The van der Waals surface area contributed by atoms with Crippen LogP contribution >= 0.6 is 15.9 Å². The van der Waals surface area contributed by atoms with Crippen LogP contribution in [0.3, 0.4) is 0 Å². The minimum absolute atomic E-state index is 0.200. The molecule has 0 unspecified atom stereocenters. The van der Waals surface area contributed by atoms with Crippen molar-refractivity contribution in [2.45, 2.75) is 18.7 Å². The average molecular weight is 287 g/mol. The van der Waals surface area contributed by atoms with Gasteiger partial charge in [-0.25, -0.2) is 0 Å². The average Bonchev–Trinajstić information content (AvgIpc) is 2.28. The Morgan fingerprint density at radius 2 is 1.69 bits per heavy atom. The first-order valence-electron chi connectivity index (χ1n) is 5.04. The Balaban J connectivity index is 2.62. The lowest BCUT2D eigenvalue weighted by molar-refractivity contribution is -0.134. The van der Waals surface area contributed by atoms with Gasteiger partial charge in [-0.15, -0.1) is 0 Å². The van der Waals surface area contributed by atoms with Crippen LogP contribution in [0.15, 0.2) is 24.3 Å². The minimum atomic E-state index is -0.283. The van der Waals surface area contributed by atoms with Crippen molar-refractivity contribution in [2.75, 3.05) is 7.11 Å². The molecule has 88 valence electrons. The number of benzene rings is 1. The lowest BCUT2D eigenvalue weighted by atomic mass is 10.1. The van der Waals surface area contributed by atoms with E-state index in [1.165, 1.54) is 0 Å². The van der Waals surface area contributed by atoms with Gasteiger partial charge in [-0.3, -0.25) is 4.79 Å². The maximum atomic E-state index is 11.6. The van der Waals surface area contributed by atoms with Crippen LogP contribution in [-0.4, -0.2) is 17.9 Å². The summed E-state index contributed by atoms with van der Waals surface area (Å²) < 4.78 is 10.2. The van der Waals surface area contributed by atoms with Crippen LogP contribution in [0.2, 0.25) is 0 Å². The van der Waals surface area contributed by atoms with E-state index in [1.54, 1.807) is 31.4 Å². The van der Waals surface area contributed by atoms with Crippen molar-refractivity contribution < 1.29 is 14.3 Å². The summed E-state index contributed by atoms with van der Waals surface area (Å²) in [7, 11) is 1.59. The standard InChI is InChI=1S/C12H15BrO3/c1-8(2)11(13)12(14)16-10-6-4-9(15-3)5-7-10/h4-8,11H,1-3H3/t11-/m1/s1. The van der Waals surface area contributed by atoms with Crippen LogP contribution in [-0.2, 0) is 4.79 Å². The third-order valence-electron chi connectivity index (χ3n) is 2.09. The number of carbonyl (C=O) groups is 1. The molecule has 1 rings (SSSR count). The maximum absolute atomic E-state index is 11.6. The Morgan fingerprint density at radius 3 is 2.12 bits per heavy atom. The second-order valence-electron chi connectivity index (χ2n) is 3.74. The monoisotopic (exact) mass is 286 g/mol. The van der Waals surface area contributed by atoms with E-state index in [0.717, 1.165) is 5.75 Å².